The fourth-order valence-electron chi connectivity index (χ4n) is 1.51. The molecule has 3 N–H and O–H groups in total. The van der Waals surface area contributed by atoms with Crippen LogP contribution >= 0.6 is 11.3 Å². The van der Waals surface area contributed by atoms with Crippen LogP contribution in [0.2, 0.25) is 0 Å². The first-order valence-electron chi connectivity index (χ1n) is 5.28. The Hall–Kier alpha value is -2.08. The van der Waals surface area contributed by atoms with E-state index in [-0.39, 0.29) is 5.91 Å². The van der Waals surface area contributed by atoms with Gasteiger partial charge in [0, 0.05) is 12.5 Å². The maximum atomic E-state index is 11.0. The molecule has 2 aromatic rings. The predicted octanol–water partition coefficient (Wildman–Crippen LogP) is 2.36. The molecule has 1 heterocycles. The first-order chi connectivity index (χ1) is 8.60. The zero-order valence-electron chi connectivity index (χ0n) is 10.1. The summed E-state index contributed by atoms with van der Waals surface area (Å²) in [6.45, 7) is 1.43. The number of ether oxygens (including phenoxy) is 1. The van der Waals surface area contributed by atoms with Gasteiger partial charge in [0.2, 0.25) is 5.91 Å². The Morgan fingerprint density at radius 3 is 2.94 bits per heavy atom. The smallest absolute Gasteiger partial charge is 0.223 e. The van der Waals surface area contributed by atoms with E-state index in [0.717, 1.165) is 11.3 Å². The molecule has 1 aromatic heterocycles. The van der Waals surface area contributed by atoms with Crippen molar-refractivity contribution in [1.82, 2.24) is 4.98 Å². The number of aromatic nitrogens is 1. The normalized spacial score (nSPS) is 10.1. The molecule has 5 nitrogen and oxygen atoms in total. The Labute approximate surface area is 109 Å². The van der Waals surface area contributed by atoms with Crippen LogP contribution in [0.15, 0.2) is 24.3 Å². The summed E-state index contributed by atoms with van der Waals surface area (Å²) in [7, 11) is 1.60. The predicted molar refractivity (Wildman–Crippen MR) is 72.8 cm³/mol. The maximum absolute atomic E-state index is 11.0. The number of carbonyl (C=O) groups excluding carboxylic acids is 1. The molecular formula is C12H13N3O2S. The van der Waals surface area contributed by atoms with Crippen molar-refractivity contribution in [1.29, 1.82) is 0 Å². The minimum Gasteiger partial charge on any atom is -0.497 e. The van der Waals surface area contributed by atoms with Gasteiger partial charge in [0.25, 0.3) is 0 Å². The number of amides is 1. The molecule has 94 valence electrons. The zero-order valence-corrected chi connectivity index (χ0v) is 10.9. The molecule has 0 aliphatic heterocycles. The summed E-state index contributed by atoms with van der Waals surface area (Å²) in [4.78, 5) is 15.3. The Morgan fingerprint density at radius 1 is 1.50 bits per heavy atom. The Kier molecular flexibility index (Phi) is 3.47. The standard InChI is InChI=1S/C12H13N3O2S/c1-7(16)14-12-15-10(11(13)18-12)8-4-3-5-9(6-8)17-2/h3-6H,13H2,1-2H3,(H,14,15,16). The number of hydrogen-bond acceptors (Lipinski definition) is 5. The quantitative estimate of drug-likeness (QED) is 0.891. The van der Waals surface area contributed by atoms with Crippen molar-refractivity contribution in [3.63, 3.8) is 0 Å². The van der Waals surface area contributed by atoms with Gasteiger partial charge < -0.3 is 15.8 Å². The van der Waals surface area contributed by atoms with Gasteiger partial charge in [-0.1, -0.05) is 23.5 Å². The third-order valence-corrected chi connectivity index (χ3v) is 3.08. The van der Waals surface area contributed by atoms with Gasteiger partial charge in [0.1, 0.15) is 16.4 Å². The first-order valence-corrected chi connectivity index (χ1v) is 6.10. The number of nitrogens with zero attached hydrogens (tertiary/aromatic N) is 1. The molecule has 18 heavy (non-hydrogen) atoms. The molecule has 0 radical (unpaired) electrons. The summed E-state index contributed by atoms with van der Waals surface area (Å²) in [5, 5.41) is 3.68. The number of nitrogens with two attached hydrogens (primary N) is 1. The Balaban J connectivity index is 2.37. The van der Waals surface area contributed by atoms with Crippen molar-refractivity contribution in [3.8, 4) is 17.0 Å². The van der Waals surface area contributed by atoms with Crippen molar-refractivity contribution < 1.29 is 9.53 Å². The van der Waals surface area contributed by atoms with E-state index in [9.17, 15) is 4.79 Å². The Morgan fingerprint density at radius 2 is 2.28 bits per heavy atom. The molecule has 0 unspecified atom stereocenters. The SMILES string of the molecule is COc1cccc(-c2nc(NC(C)=O)sc2N)c1. The lowest BCUT2D eigenvalue weighted by Crippen LogP contribution is -2.04. The number of anilines is 2. The van der Waals surface area contributed by atoms with Crippen LogP contribution < -0.4 is 15.8 Å². The second kappa shape index (κ2) is 5.05. The van der Waals surface area contributed by atoms with Gasteiger partial charge in [-0.05, 0) is 12.1 Å². The van der Waals surface area contributed by atoms with Crippen molar-refractivity contribution in [2.45, 2.75) is 6.92 Å². The molecule has 0 atom stereocenters. The Bertz CT molecular complexity index is 580. The topological polar surface area (TPSA) is 77.2 Å². The minimum atomic E-state index is -0.166. The van der Waals surface area contributed by atoms with Crippen LogP contribution in [0.3, 0.4) is 0 Å². The maximum Gasteiger partial charge on any atom is 0.223 e. The van der Waals surface area contributed by atoms with E-state index >= 15 is 0 Å². The van der Waals surface area contributed by atoms with Gasteiger partial charge in [0.05, 0.1) is 7.11 Å². The average Bonchev–Trinajstić information content (AvgIpc) is 2.69. The second-order valence-electron chi connectivity index (χ2n) is 3.65. The van der Waals surface area contributed by atoms with Gasteiger partial charge in [-0.2, -0.15) is 0 Å². The molecular weight excluding hydrogens is 250 g/mol. The van der Waals surface area contributed by atoms with Crippen molar-refractivity contribution in [3.05, 3.63) is 24.3 Å². The summed E-state index contributed by atoms with van der Waals surface area (Å²) in [5.41, 5.74) is 7.42. The van der Waals surface area contributed by atoms with Gasteiger partial charge >= 0.3 is 0 Å². The number of nitrogen functional groups attached to an aromatic ring is 1. The largest absolute Gasteiger partial charge is 0.497 e. The molecule has 1 aromatic carbocycles. The van der Waals surface area contributed by atoms with Crippen LogP contribution in [0.1, 0.15) is 6.92 Å². The number of hydrogen-bond donors (Lipinski definition) is 2. The highest BCUT2D eigenvalue weighted by atomic mass is 32.1. The lowest BCUT2D eigenvalue weighted by atomic mass is 10.1. The summed E-state index contributed by atoms with van der Waals surface area (Å²) < 4.78 is 5.15. The summed E-state index contributed by atoms with van der Waals surface area (Å²) >= 11 is 1.24. The lowest BCUT2D eigenvalue weighted by molar-refractivity contribution is -0.114. The summed E-state index contributed by atoms with van der Waals surface area (Å²) in [6, 6.07) is 7.46. The van der Waals surface area contributed by atoms with E-state index < -0.39 is 0 Å². The number of benzene rings is 1. The molecule has 2 rings (SSSR count). The molecule has 0 fully saturated rings. The van der Waals surface area contributed by atoms with Crippen molar-refractivity contribution in [2.24, 2.45) is 0 Å². The van der Waals surface area contributed by atoms with Crippen molar-refractivity contribution in [2.75, 3.05) is 18.2 Å². The highest BCUT2D eigenvalue weighted by Gasteiger charge is 2.11. The molecule has 0 saturated carbocycles. The first kappa shape index (κ1) is 12.4. The van der Waals surface area contributed by atoms with E-state index in [1.807, 2.05) is 24.3 Å². The van der Waals surface area contributed by atoms with Crippen molar-refractivity contribution >= 4 is 27.4 Å². The molecule has 0 saturated heterocycles. The number of rotatable bonds is 3. The van der Waals surface area contributed by atoms with Crippen LogP contribution in [0.4, 0.5) is 10.1 Å². The number of methoxy groups -OCH3 is 1. The van der Waals surface area contributed by atoms with Gasteiger partial charge in [-0.15, -0.1) is 0 Å². The molecule has 0 spiro atoms. The van der Waals surface area contributed by atoms with Crippen LogP contribution in [-0.2, 0) is 4.79 Å². The van der Waals surface area contributed by atoms with E-state index in [1.165, 1.54) is 18.3 Å². The molecule has 0 aliphatic rings. The number of carbonyl (C=O) groups is 1. The average molecular weight is 263 g/mol. The number of nitrogens with one attached hydrogen (secondary N) is 1. The van der Waals surface area contributed by atoms with Crippen LogP contribution in [0.5, 0.6) is 5.75 Å². The van der Waals surface area contributed by atoms with Gasteiger partial charge in [0.15, 0.2) is 5.13 Å². The van der Waals surface area contributed by atoms with Crippen LogP contribution in [0.25, 0.3) is 11.3 Å². The van der Waals surface area contributed by atoms with E-state index in [2.05, 4.69) is 10.3 Å². The van der Waals surface area contributed by atoms with Crippen LogP contribution in [0, 0.1) is 0 Å². The third kappa shape index (κ3) is 2.60. The fourth-order valence-corrected chi connectivity index (χ4v) is 2.31. The fraction of sp³-hybridized carbons (Fsp3) is 0.167. The molecule has 6 heteroatoms. The van der Waals surface area contributed by atoms with E-state index in [4.69, 9.17) is 10.5 Å². The summed E-state index contributed by atoms with van der Waals surface area (Å²) in [5.74, 6) is 0.571. The van der Waals surface area contributed by atoms with E-state index in [1.54, 1.807) is 7.11 Å². The second-order valence-corrected chi connectivity index (χ2v) is 4.68. The lowest BCUT2D eigenvalue weighted by Gasteiger charge is -2.02. The third-order valence-electron chi connectivity index (χ3n) is 2.28. The monoisotopic (exact) mass is 263 g/mol. The van der Waals surface area contributed by atoms with Gasteiger partial charge in [-0.25, -0.2) is 4.98 Å². The zero-order chi connectivity index (χ0) is 13.1. The summed E-state index contributed by atoms with van der Waals surface area (Å²) in [6.07, 6.45) is 0. The van der Waals surface area contributed by atoms with Crippen LogP contribution in [-0.4, -0.2) is 18.0 Å². The van der Waals surface area contributed by atoms with Gasteiger partial charge in [-0.3, -0.25) is 4.79 Å². The molecule has 0 bridgehead atoms. The molecule has 0 aliphatic carbocycles. The minimum absolute atomic E-state index is 0.166. The molecule has 1 amide bonds. The van der Waals surface area contributed by atoms with E-state index in [0.29, 0.717) is 15.8 Å². The number of thiazole rings is 1. The highest BCUT2D eigenvalue weighted by Crippen LogP contribution is 2.34. The highest BCUT2D eigenvalue weighted by molar-refractivity contribution is 7.20.